The zero-order valence-electron chi connectivity index (χ0n) is 10.6. The molecule has 0 fully saturated rings. The van der Waals surface area contributed by atoms with Crippen LogP contribution in [0.15, 0.2) is 18.2 Å². The van der Waals surface area contributed by atoms with E-state index in [4.69, 9.17) is 5.84 Å². The normalized spacial score (nSPS) is 10.5. The molecule has 0 aliphatic rings. The van der Waals surface area contributed by atoms with Crippen LogP contribution in [-0.2, 0) is 6.54 Å². The highest BCUT2D eigenvalue weighted by Crippen LogP contribution is 2.24. The Kier molecular flexibility index (Phi) is 3.43. The van der Waals surface area contributed by atoms with Gasteiger partial charge in [-0.05, 0) is 25.5 Å². The van der Waals surface area contributed by atoms with Crippen LogP contribution in [0.2, 0.25) is 0 Å². The molecule has 8 heteroatoms. The van der Waals surface area contributed by atoms with Gasteiger partial charge in [0.05, 0.1) is 11.5 Å². The average molecular weight is 262 g/mol. The Morgan fingerprint density at radius 3 is 2.74 bits per heavy atom. The molecule has 1 heterocycles. The van der Waals surface area contributed by atoms with Crippen molar-refractivity contribution in [3.8, 4) is 0 Å². The third-order valence-electron chi connectivity index (χ3n) is 2.71. The van der Waals surface area contributed by atoms with E-state index in [-0.39, 0.29) is 11.4 Å². The van der Waals surface area contributed by atoms with Gasteiger partial charge in [-0.1, -0.05) is 6.07 Å². The average Bonchev–Trinajstić information content (AvgIpc) is 2.67. The molecular formula is C11H14N6O2. The van der Waals surface area contributed by atoms with Crippen LogP contribution in [0, 0.1) is 24.0 Å². The van der Waals surface area contributed by atoms with Gasteiger partial charge in [0, 0.05) is 6.07 Å². The molecule has 1 aromatic heterocycles. The first kappa shape index (κ1) is 13.0. The highest BCUT2D eigenvalue weighted by atomic mass is 16.6. The number of anilines is 1. The zero-order chi connectivity index (χ0) is 14.0. The number of hydrogen-bond donors (Lipinski definition) is 2. The molecule has 19 heavy (non-hydrogen) atoms. The number of nitrogens with zero attached hydrogens (tertiary/aromatic N) is 4. The van der Waals surface area contributed by atoms with E-state index in [0.717, 1.165) is 11.4 Å². The second-order valence-electron chi connectivity index (χ2n) is 4.12. The summed E-state index contributed by atoms with van der Waals surface area (Å²) in [5.74, 6) is 6.78. The zero-order valence-corrected chi connectivity index (χ0v) is 10.6. The summed E-state index contributed by atoms with van der Waals surface area (Å²) in [5.41, 5.74) is 3.41. The highest BCUT2D eigenvalue weighted by Gasteiger charge is 2.13. The first-order chi connectivity index (χ1) is 9.01. The van der Waals surface area contributed by atoms with Gasteiger partial charge < -0.3 is 5.43 Å². The van der Waals surface area contributed by atoms with Gasteiger partial charge in [-0.25, -0.2) is 9.67 Å². The number of aromatic nitrogens is 3. The van der Waals surface area contributed by atoms with Crippen LogP contribution >= 0.6 is 0 Å². The molecule has 3 N–H and O–H groups in total. The molecule has 0 saturated carbocycles. The van der Waals surface area contributed by atoms with E-state index in [1.807, 2.05) is 13.8 Å². The molecule has 0 atom stereocenters. The van der Waals surface area contributed by atoms with Crippen molar-refractivity contribution in [2.75, 3.05) is 5.43 Å². The third kappa shape index (κ3) is 2.68. The number of nitro groups is 1. The van der Waals surface area contributed by atoms with Gasteiger partial charge in [-0.15, -0.1) is 0 Å². The number of nitro benzene ring substituents is 1. The Morgan fingerprint density at radius 2 is 2.21 bits per heavy atom. The number of nitrogens with two attached hydrogens (primary N) is 1. The smallest absolute Gasteiger partial charge is 0.293 e. The molecule has 0 radical (unpaired) electrons. The largest absolute Gasteiger partial charge is 0.318 e. The fourth-order valence-electron chi connectivity index (χ4n) is 1.84. The van der Waals surface area contributed by atoms with Gasteiger partial charge >= 0.3 is 0 Å². The number of hydrogen-bond acceptors (Lipinski definition) is 6. The molecule has 0 unspecified atom stereocenters. The van der Waals surface area contributed by atoms with E-state index >= 15 is 0 Å². The maximum absolute atomic E-state index is 10.8. The van der Waals surface area contributed by atoms with Crippen molar-refractivity contribution in [1.82, 2.24) is 14.8 Å². The van der Waals surface area contributed by atoms with Crippen LogP contribution < -0.4 is 11.3 Å². The summed E-state index contributed by atoms with van der Waals surface area (Å²) in [7, 11) is 0. The van der Waals surface area contributed by atoms with Crippen LogP contribution in [0.4, 0.5) is 11.4 Å². The van der Waals surface area contributed by atoms with E-state index in [1.165, 1.54) is 6.07 Å². The summed E-state index contributed by atoms with van der Waals surface area (Å²) in [4.78, 5) is 14.5. The van der Waals surface area contributed by atoms with Crippen LogP contribution in [-0.4, -0.2) is 19.7 Å². The van der Waals surface area contributed by atoms with Crippen molar-refractivity contribution in [2.24, 2.45) is 5.84 Å². The van der Waals surface area contributed by atoms with E-state index in [1.54, 1.807) is 16.8 Å². The summed E-state index contributed by atoms with van der Waals surface area (Å²) in [6.07, 6.45) is 0. The fourth-order valence-corrected chi connectivity index (χ4v) is 1.84. The lowest BCUT2D eigenvalue weighted by atomic mass is 10.1. The lowest BCUT2D eigenvalue weighted by Gasteiger charge is -2.06. The van der Waals surface area contributed by atoms with Crippen molar-refractivity contribution in [1.29, 1.82) is 0 Å². The van der Waals surface area contributed by atoms with Gasteiger partial charge in [-0.3, -0.25) is 16.0 Å². The Balaban J connectivity index is 2.31. The predicted octanol–water partition coefficient (Wildman–Crippen LogP) is 1.14. The number of nitrogen functional groups attached to an aromatic ring is 1. The van der Waals surface area contributed by atoms with Crippen LogP contribution in [0.1, 0.15) is 17.2 Å². The fraction of sp³-hybridized carbons (Fsp3) is 0.273. The Labute approximate surface area is 109 Å². The van der Waals surface area contributed by atoms with Crippen molar-refractivity contribution in [3.63, 3.8) is 0 Å². The molecule has 8 nitrogen and oxygen atoms in total. The van der Waals surface area contributed by atoms with Crippen molar-refractivity contribution >= 4 is 11.4 Å². The first-order valence-electron chi connectivity index (χ1n) is 5.63. The molecule has 0 aliphatic heterocycles. The molecular weight excluding hydrogens is 248 g/mol. The maximum atomic E-state index is 10.8. The molecule has 2 aromatic rings. The first-order valence-corrected chi connectivity index (χ1v) is 5.63. The van der Waals surface area contributed by atoms with E-state index in [2.05, 4.69) is 15.5 Å². The summed E-state index contributed by atoms with van der Waals surface area (Å²) < 4.78 is 1.73. The summed E-state index contributed by atoms with van der Waals surface area (Å²) in [6.45, 7) is 4.15. The standard InChI is InChI=1S/C11H14N6O2/c1-7-13-8(2)16(15-7)6-9-3-4-11(17(18)19)10(5-9)14-12/h3-5,14H,6,12H2,1-2H3. The van der Waals surface area contributed by atoms with E-state index in [9.17, 15) is 10.1 Å². The lowest BCUT2D eigenvalue weighted by molar-refractivity contribution is -0.384. The number of aryl methyl sites for hydroxylation is 2. The molecule has 0 aliphatic carbocycles. The Bertz CT molecular complexity index is 622. The van der Waals surface area contributed by atoms with Gasteiger partial charge in [0.15, 0.2) is 0 Å². The monoisotopic (exact) mass is 262 g/mol. The molecule has 0 bridgehead atoms. The van der Waals surface area contributed by atoms with Gasteiger partial charge in [0.25, 0.3) is 5.69 Å². The summed E-state index contributed by atoms with van der Waals surface area (Å²) in [5, 5.41) is 15.0. The third-order valence-corrected chi connectivity index (χ3v) is 2.71. The SMILES string of the molecule is Cc1nc(C)n(Cc2ccc([N+](=O)[O-])c(NN)c2)n1. The molecule has 1 aromatic carbocycles. The number of hydrazine groups is 1. The minimum absolute atomic E-state index is 0.0576. The topological polar surface area (TPSA) is 112 Å². The number of benzene rings is 1. The Hall–Kier alpha value is -2.48. The summed E-state index contributed by atoms with van der Waals surface area (Å²) >= 11 is 0. The number of nitrogens with one attached hydrogen (secondary N) is 1. The summed E-state index contributed by atoms with van der Waals surface area (Å²) in [6, 6.07) is 4.73. The van der Waals surface area contributed by atoms with Crippen molar-refractivity contribution in [2.45, 2.75) is 20.4 Å². The predicted molar refractivity (Wildman–Crippen MR) is 69.5 cm³/mol. The van der Waals surface area contributed by atoms with Crippen LogP contribution in [0.3, 0.4) is 0 Å². The number of rotatable bonds is 4. The molecule has 100 valence electrons. The molecule has 2 rings (SSSR count). The van der Waals surface area contributed by atoms with E-state index < -0.39 is 4.92 Å². The minimum Gasteiger partial charge on any atom is -0.318 e. The molecule has 0 spiro atoms. The van der Waals surface area contributed by atoms with Crippen molar-refractivity contribution < 1.29 is 4.92 Å². The quantitative estimate of drug-likeness (QED) is 0.485. The lowest BCUT2D eigenvalue weighted by Crippen LogP contribution is -2.10. The second kappa shape index (κ2) is 5.02. The van der Waals surface area contributed by atoms with Crippen LogP contribution in [0.5, 0.6) is 0 Å². The van der Waals surface area contributed by atoms with Crippen molar-refractivity contribution in [3.05, 3.63) is 45.5 Å². The van der Waals surface area contributed by atoms with Gasteiger partial charge in [0.2, 0.25) is 0 Å². The maximum Gasteiger partial charge on any atom is 0.293 e. The minimum atomic E-state index is -0.482. The van der Waals surface area contributed by atoms with Crippen LogP contribution in [0.25, 0.3) is 0 Å². The molecule has 0 amide bonds. The highest BCUT2D eigenvalue weighted by molar-refractivity contribution is 5.62. The second-order valence-corrected chi connectivity index (χ2v) is 4.12. The Morgan fingerprint density at radius 1 is 1.47 bits per heavy atom. The van der Waals surface area contributed by atoms with E-state index in [0.29, 0.717) is 12.4 Å². The van der Waals surface area contributed by atoms with Gasteiger partial charge in [-0.2, -0.15) is 5.10 Å². The van der Waals surface area contributed by atoms with Gasteiger partial charge in [0.1, 0.15) is 17.3 Å². The molecule has 0 saturated heterocycles.